The summed E-state index contributed by atoms with van der Waals surface area (Å²) in [6, 6.07) is 13.1. The van der Waals surface area contributed by atoms with Crippen molar-refractivity contribution in [2.24, 2.45) is 0 Å². The number of nitrogens with zero attached hydrogens (tertiary/aromatic N) is 2. The molecular formula is C17H21N3O2S. The van der Waals surface area contributed by atoms with E-state index in [1.54, 1.807) is 6.20 Å². The van der Waals surface area contributed by atoms with Crippen LogP contribution < -0.4 is 9.62 Å². The number of hydrogen-bond donors (Lipinski definition) is 1. The van der Waals surface area contributed by atoms with Crippen LogP contribution in [0.2, 0.25) is 0 Å². The first kappa shape index (κ1) is 16.0. The molecule has 0 atom stereocenters. The summed E-state index contributed by atoms with van der Waals surface area (Å²) in [6.07, 6.45) is 4.17. The van der Waals surface area contributed by atoms with Crippen LogP contribution in [0.15, 0.2) is 48.7 Å². The molecule has 1 fully saturated rings. The van der Waals surface area contributed by atoms with Crippen molar-refractivity contribution in [2.45, 2.75) is 25.1 Å². The highest BCUT2D eigenvalue weighted by Crippen LogP contribution is 2.17. The molecule has 2 aromatic rings. The molecule has 5 nitrogen and oxygen atoms in total. The van der Waals surface area contributed by atoms with Crippen LogP contribution >= 0.6 is 0 Å². The standard InChI is InChI=1S/C17H21N3O2S/c21-23(22,14-15-6-2-1-3-7-15)19-13-16-8-9-17(18-12-16)20-10-4-5-11-20/h1-3,6-9,12,19H,4-5,10-11,13-14H2. The van der Waals surface area contributed by atoms with E-state index in [2.05, 4.69) is 14.6 Å². The summed E-state index contributed by atoms with van der Waals surface area (Å²) in [5.41, 5.74) is 1.65. The molecule has 0 radical (unpaired) electrons. The van der Waals surface area contributed by atoms with Crippen molar-refractivity contribution < 1.29 is 8.42 Å². The molecule has 0 aliphatic carbocycles. The fraction of sp³-hybridized carbons (Fsp3) is 0.353. The van der Waals surface area contributed by atoms with Gasteiger partial charge in [-0.25, -0.2) is 18.1 Å². The lowest BCUT2D eigenvalue weighted by atomic mass is 10.2. The van der Waals surface area contributed by atoms with Gasteiger partial charge in [-0.1, -0.05) is 36.4 Å². The van der Waals surface area contributed by atoms with E-state index in [0.29, 0.717) is 0 Å². The number of sulfonamides is 1. The predicted octanol–water partition coefficient (Wildman–Crippen LogP) is 2.30. The first-order valence-corrected chi connectivity index (χ1v) is 9.49. The Morgan fingerprint density at radius 2 is 1.74 bits per heavy atom. The maximum atomic E-state index is 12.1. The molecule has 3 rings (SSSR count). The zero-order valence-electron chi connectivity index (χ0n) is 13.0. The fourth-order valence-electron chi connectivity index (χ4n) is 2.69. The van der Waals surface area contributed by atoms with Crippen LogP contribution in [-0.4, -0.2) is 26.5 Å². The Labute approximate surface area is 137 Å². The van der Waals surface area contributed by atoms with Crippen molar-refractivity contribution in [2.75, 3.05) is 18.0 Å². The Morgan fingerprint density at radius 3 is 2.39 bits per heavy atom. The van der Waals surface area contributed by atoms with Crippen molar-refractivity contribution in [1.82, 2.24) is 9.71 Å². The monoisotopic (exact) mass is 331 g/mol. The third-order valence-corrected chi connectivity index (χ3v) is 5.23. The van der Waals surface area contributed by atoms with Crippen molar-refractivity contribution in [3.8, 4) is 0 Å². The quantitative estimate of drug-likeness (QED) is 0.882. The normalized spacial score (nSPS) is 15.0. The molecule has 1 aromatic heterocycles. The highest BCUT2D eigenvalue weighted by atomic mass is 32.2. The van der Waals surface area contributed by atoms with Gasteiger partial charge in [-0.15, -0.1) is 0 Å². The SMILES string of the molecule is O=S(=O)(Cc1ccccc1)NCc1ccc(N2CCCC2)nc1. The Kier molecular flexibility index (Phi) is 4.93. The van der Waals surface area contributed by atoms with E-state index < -0.39 is 10.0 Å². The molecule has 1 N–H and O–H groups in total. The van der Waals surface area contributed by atoms with E-state index in [1.807, 2.05) is 42.5 Å². The molecule has 122 valence electrons. The smallest absolute Gasteiger partial charge is 0.216 e. The van der Waals surface area contributed by atoms with Crippen LogP contribution in [0.1, 0.15) is 24.0 Å². The first-order chi connectivity index (χ1) is 11.1. The van der Waals surface area contributed by atoms with E-state index in [9.17, 15) is 8.42 Å². The molecule has 1 aliphatic heterocycles. The van der Waals surface area contributed by atoms with Gasteiger partial charge < -0.3 is 4.90 Å². The molecule has 0 amide bonds. The summed E-state index contributed by atoms with van der Waals surface area (Å²) in [7, 11) is -3.35. The Morgan fingerprint density at radius 1 is 1.00 bits per heavy atom. The van der Waals surface area contributed by atoms with Gasteiger partial charge in [0.15, 0.2) is 0 Å². The van der Waals surface area contributed by atoms with Crippen LogP contribution in [0, 0.1) is 0 Å². The predicted molar refractivity (Wildman–Crippen MR) is 91.6 cm³/mol. The zero-order chi connectivity index (χ0) is 16.1. The Bertz CT molecular complexity index is 724. The average Bonchev–Trinajstić information content (AvgIpc) is 3.09. The molecule has 1 aliphatic rings. The number of benzene rings is 1. The maximum Gasteiger partial charge on any atom is 0.216 e. The minimum atomic E-state index is -3.35. The number of anilines is 1. The van der Waals surface area contributed by atoms with Gasteiger partial charge in [-0.05, 0) is 30.0 Å². The second kappa shape index (κ2) is 7.10. The van der Waals surface area contributed by atoms with Crippen LogP contribution in [0.5, 0.6) is 0 Å². The number of pyridine rings is 1. The lowest BCUT2D eigenvalue weighted by Crippen LogP contribution is -2.25. The summed E-state index contributed by atoms with van der Waals surface area (Å²) in [4.78, 5) is 6.69. The van der Waals surface area contributed by atoms with Crippen molar-refractivity contribution >= 4 is 15.8 Å². The third-order valence-electron chi connectivity index (χ3n) is 3.93. The molecule has 1 aromatic carbocycles. The zero-order valence-corrected chi connectivity index (χ0v) is 13.8. The van der Waals surface area contributed by atoms with Gasteiger partial charge in [-0.3, -0.25) is 0 Å². The highest BCUT2D eigenvalue weighted by molar-refractivity contribution is 7.88. The maximum absolute atomic E-state index is 12.1. The summed E-state index contributed by atoms with van der Waals surface area (Å²) in [5.74, 6) is 0.964. The van der Waals surface area contributed by atoms with Crippen molar-refractivity contribution in [1.29, 1.82) is 0 Å². The van der Waals surface area contributed by atoms with E-state index in [1.165, 1.54) is 12.8 Å². The van der Waals surface area contributed by atoms with Gasteiger partial charge in [0.05, 0.1) is 5.75 Å². The summed E-state index contributed by atoms with van der Waals surface area (Å²) in [6.45, 7) is 2.37. The van der Waals surface area contributed by atoms with Gasteiger partial charge in [0, 0.05) is 25.8 Å². The Balaban J connectivity index is 1.57. The molecule has 0 bridgehead atoms. The molecule has 23 heavy (non-hydrogen) atoms. The fourth-order valence-corrected chi connectivity index (χ4v) is 3.81. The van der Waals surface area contributed by atoms with Gasteiger partial charge in [0.25, 0.3) is 0 Å². The molecule has 6 heteroatoms. The van der Waals surface area contributed by atoms with Crippen LogP contribution in [-0.2, 0) is 22.3 Å². The largest absolute Gasteiger partial charge is 0.357 e. The summed E-state index contributed by atoms with van der Waals surface area (Å²) in [5, 5.41) is 0. The lowest BCUT2D eigenvalue weighted by Gasteiger charge is -2.16. The second-order valence-electron chi connectivity index (χ2n) is 5.78. The molecular weight excluding hydrogens is 310 g/mol. The second-order valence-corrected chi connectivity index (χ2v) is 7.59. The van der Waals surface area contributed by atoms with Gasteiger partial charge in [0.1, 0.15) is 5.82 Å². The molecule has 0 spiro atoms. The average molecular weight is 331 g/mol. The van der Waals surface area contributed by atoms with Crippen LogP contribution in [0.3, 0.4) is 0 Å². The Hall–Kier alpha value is -1.92. The van der Waals surface area contributed by atoms with Crippen LogP contribution in [0.4, 0.5) is 5.82 Å². The first-order valence-electron chi connectivity index (χ1n) is 7.83. The summed E-state index contributed by atoms with van der Waals surface area (Å²) < 4.78 is 26.9. The van der Waals surface area contributed by atoms with Crippen molar-refractivity contribution in [3.63, 3.8) is 0 Å². The number of rotatable bonds is 6. The molecule has 0 unspecified atom stereocenters. The van der Waals surface area contributed by atoms with Gasteiger partial charge in [0.2, 0.25) is 10.0 Å². The van der Waals surface area contributed by atoms with Crippen LogP contribution in [0.25, 0.3) is 0 Å². The van der Waals surface area contributed by atoms with E-state index in [-0.39, 0.29) is 12.3 Å². The van der Waals surface area contributed by atoms with Gasteiger partial charge in [-0.2, -0.15) is 0 Å². The molecule has 2 heterocycles. The highest BCUT2D eigenvalue weighted by Gasteiger charge is 2.14. The van der Waals surface area contributed by atoms with E-state index in [0.717, 1.165) is 30.0 Å². The molecule has 1 saturated heterocycles. The lowest BCUT2D eigenvalue weighted by molar-refractivity contribution is 0.580. The minimum absolute atomic E-state index is 0.00682. The van der Waals surface area contributed by atoms with Gasteiger partial charge >= 0.3 is 0 Å². The number of hydrogen-bond acceptors (Lipinski definition) is 4. The number of nitrogens with one attached hydrogen (secondary N) is 1. The number of aromatic nitrogens is 1. The topological polar surface area (TPSA) is 62.3 Å². The van der Waals surface area contributed by atoms with Crippen molar-refractivity contribution in [3.05, 3.63) is 59.8 Å². The molecule has 0 saturated carbocycles. The van der Waals surface area contributed by atoms with E-state index in [4.69, 9.17) is 0 Å². The third kappa shape index (κ3) is 4.53. The van der Waals surface area contributed by atoms with E-state index >= 15 is 0 Å². The summed E-state index contributed by atoms with van der Waals surface area (Å²) >= 11 is 0. The minimum Gasteiger partial charge on any atom is -0.357 e.